The highest BCUT2D eigenvalue weighted by Gasteiger charge is 2.10. The number of rotatable bonds is 9. The summed E-state index contributed by atoms with van der Waals surface area (Å²) < 4.78 is 5.44. The first-order valence-corrected chi connectivity index (χ1v) is 5.93. The monoisotopic (exact) mass is 235 g/mol. The number of aromatic nitrogens is 1. The van der Waals surface area contributed by atoms with Crippen LogP contribution in [0.5, 0.6) is 0 Å². The van der Waals surface area contributed by atoms with Crippen LogP contribution in [0.3, 0.4) is 0 Å². The Morgan fingerprint density at radius 1 is 1.41 bits per heavy atom. The Bertz CT molecular complexity index is 336. The largest absolute Gasteiger partial charge is 0.432 e. The Balaban J connectivity index is 2.57. The van der Waals surface area contributed by atoms with E-state index in [1.807, 2.05) is 17.1 Å². The van der Waals surface area contributed by atoms with Crippen molar-refractivity contribution in [1.29, 1.82) is 0 Å². The van der Waals surface area contributed by atoms with Crippen LogP contribution in [0.15, 0.2) is 36.0 Å². The van der Waals surface area contributed by atoms with Gasteiger partial charge < -0.3 is 14.6 Å². The van der Waals surface area contributed by atoms with E-state index in [-0.39, 0.29) is 0 Å². The molecule has 0 aromatic carbocycles. The fraction of sp³-hybridized carbons (Fsp3) is 0.462. The van der Waals surface area contributed by atoms with Gasteiger partial charge in [-0.05, 0) is 13.0 Å². The lowest BCUT2D eigenvalue weighted by Gasteiger charge is -2.15. The van der Waals surface area contributed by atoms with E-state index in [9.17, 15) is 0 Å². The van der Waals surface area contributed by atoms with Crippen LogP contribution < -0.4 is 10.2 Å². The molecule has 4 nitrogen and oxygen atoms in total. The molecule has 1 heterocycles. The van der Waals surface area contributed by atoms with Crippen LogP contribution >= 0.6 is 0 Å². The fourth-order valence-corrected chi connectivity index (χ4v) is 1.46. The minimum atomic E-state index is 0.623. The Morgan fingerprint density at radius 3 is 2.71 bits per heavy atom. The third kappa shape index (κ3) is 4.44. The summed E-state index contributed by atoms with van der Waals surface area (Å²) in [5.74, 6) is 0. The zero-order valence-electron chi connectivity index (χ0n) is 10.5. The number of nitrogens with one attached hydrogen (secondary N) is 1. The van der Waals surface area contributed by atoms with E-state index in [0.717, 1.165) is 25.2 Å². The topological polar surface area (TPSA) is 41.3 Å². The number of hydrogen-bond donors (Lipinski definition) is 1. The van der Waals surface area contributed by atoms with Gasteiger partial charge in [0, 0.05) is 19.6 Å². The summed E-state index contributed by atoms with van der Waals surface area (Å²) in [4.78, 5) is 6.40. The molecule has 1 rings (SSSR count). The van der Waals surface area contributed by atoms with Crippen molar-refractivity contribution in [2.45, 2.75) is 19.9 Å². The molecule has 0 atom stereocenters. The van der Waals surface area contributed by atoms with Crippen molar-refractivity contribution in [2.75, 3.05) is 24.5 Å². The first-order valence-electron chi connectivity index (χ1n) is 5.93. The van der Waals surface area contributed by atoms with E-state index in [1.165, 1.54) is 0 Å². The first-order chi connectivity index (χ1) is 8.31. The summed E-state index contributed by atoms with van der Waals surface area (Å²) >= 11 is 0. The van der Waals surface area contributed by atoms with Gasteiger partial charge in [-0.25, -0.2) is 0 Å². The maximum Gasteiger partial charge on any atom is 0.298 e. The van der Waals surface area contributed by atoms with Gasteiger partial charge in [-0.3, -0.25) is 0 Å². The molecule has 0 bridgehead atoms. The average Bonchev–Trinajstić information content (AvgIpc) is 2.78. The molecule has 0 saturated carbocycles. The molecule has 0 saturated heterocycles. The summed E-state index contributed by atoms with van der Waals surface area (Å²) in [5.41, 5.74) is 0.923. The number of oxazole rings is 1. The predicted octanol–water partition coefficient (Wildman–Crippen LogP) is 2.35. The van der Waals surface area contributed by atoms with Crippen molar-refractivity contribution in [2.24, 2.45) is 0 Å². The van der Waals surface area contributed by atoms with Gasteiger partial charge in [-0.2, -0.15) is 4.98 Å². The van der Waals surface area contributed by atoms with E-state index in [4.69, 9.17) is 4.42 Å². The Hall–Kier alpha value is -1.55. The summed E-state index contributed by atoms with van der Waals surface area (Å²) in [7, 11) is 0. The second-order valence-electron chi connectivity index (χ2n) is 3.78. The van der Waals surface area contributed by atoms with Gasteiger partial charge in [0.05, 0.1) is 5.69 Å². The minimum absolute atomic E-state index is 0.623. The molecule has 0 spiro atoms. The molecular weight excluding hydrogens is 214 g/mol. The SMILES string of the molecule is C=CCN(CC=C)c1nc(CNCCC)co1. The van der Waals surface area contributed by atoms with Crippen LogP contribution in [0.1, 0.15) is 19.0 Å². The van der Waals surface area contributed by atoms with E-state index in [2.05, 4.69) is 30.4 Å². The third-order valence-electron chi connectivity index (χ3n) is 2.24. The van der Waals surface area contributed by atoms with Crippen LogP contribution in [0.25, 0.3) is 0 Å². The summed E-state index contributed by atoms with van der Waals surface area (Å²) in [6.07, 6.45) is 6.45. The van der Waals surface area contributed by atoms with Crippen molar-refractivity contribution in [3.05, 3.63) is 37.3 Å². The highest BCUT2D eigenvalue weighted by molar-refractivity contribution is 5.29. The molecule has 0 aliphatic heterocycles. The Kier molecular flexibility index (Phi) is 6.10. The number of anilines is 1. The van der Waals surface area contributed by atoms with E-state index in [0.29, 0.717) is 19.1 Å². The zero-order valence-corrected chi connectivity index (χ0v) is 10.5. The van der Waals surface area contributed by atoms with Crippen LogP contribution in [0.4, 0.5) is 6.01 Å². The smallest absolute Gasteiger partial charge is 0.298 e. The molecule has 4 heteroatoms. The van der Waals surface area contributed by atoms with Gasteiger partial charge in [0.1, 0.15) is 6.26 Å². The van der Waals surface area contributed by atoms with Crippen molar-refractivity contribution in [3.8, 4) is 0 Å². The molecule has 0 amide bonds. The second-order valence-corrected chi connectivity index (χ2v) is 3.78. The van der Waals surface area contributed by atoms with Crippen molar-refractivity contribution < 1.29 is 4.42 Å². The van der Waals surface area contributed by atoms with E-state index in [1.54, 1.807) is 6.26 Å². The summed E-state index contributed by atoms with van der Waals surface area (Å²) in [6.45, 7) is 12.7. The molecule has 94 valence electrons. The molecule has 1 aromatic rings. The lowest BCUT2D eigenvalue weighted by Crippen LogP contribution is -2.23. The number of hydrogen-bond acceptors (Lipinski definition) is 4. The molecule has 1 N–H and O–H groups in total. The molecule has 0 radical (unpaired) electrons. The van der Waals surface area contributed by atoms with Crippen molar-refractivity contribution >= 4 is 6.01 Å². The van der Waals surface area contributed by atoms with Gasteiger partial charge in [0.15, 0.2) is 0 Å². The number of nitrogens with zero attached hydrogens (tertiary/aromatic N) is 2. The normalized spacial score (nSPS) is 10.2. The highest BCUT2D eigenvalue weighted by Crippen LogP contribution is 2.13. The lowest BCUT2D eigenvalue weighted by atomic mass is 10.4. The Morgan fingerprint density at radius 2 is 2.12 bits per heavy atom. The molecule has 0 aliphatic carbocycles. The zero-order chi connectivity index (χ0) is 12.5. The molecule has 1 aromatic heterocycles. The standard InChI is InChI=1S/C13H21N3O/c1-4-7-14-10-12-11-17-13(15-12)16(8-5-2)9-6-3/h5-6,11,14H,2-4,7-10H2,1H3. The summed E-state index contributed by atoms with van der Waals surface area (Å²) in [5, 5.41) is 3.29. The molecule has 0 unspecified atom stereocenters. The van der Waals surface area contributed by atoms with Gasteiger partial charge in [-0.1, -0.05) is 19.1 Å². The second kappa shape index (κ2) is 7.68. The van der Waals surface area contributed by atoms with Crippen LogP contribution in [0.2, 0.25) is 0 Å². The molecule has 0 aliphatic rings. The predicted molar refractivity (Wildman–Crippen MR) is 71.1 cm³/mol. The molecule has 0 fully saturated rings. The Labute approximate surface area is 103 Å². The van der Waals surface area contributed by atoms with Gasteiger partial charge in [0.2, 0.25) is 0 Å². The maximum absolute atomic E-state index is 5.44. The summed E-state index contributed by atoms with van der Waals surface area (Å²) in [6, 6.07) is 0.623. The molecule has 17 heavy (non-hydrogen) atoms. The van der Waals surface area contributed by atoms with Crippen LogP contribution in [-0.2, 0) is 6.54 Å². The quantitative estimate of drug-likeness (QED) is 0.527. The van der Waals surface area contributed by atoms with Gasteiger partial charge in [-0.15, -0.1) is 13.2 Å². The lowest BCUT2D eigenvalue weighted by molar-refractivity contribution is 0.544. The fourth-order valence-electron chi connectivity index (χ4n) is 1.46. The average molecular weight is 235 g/mol. The third-order valence-corrected chi connectivity index (χ3v) is 2.24. The van der Waals surface area contributed by atoms with E-state index < -0.39 is 0 Å². The van der Waals surface area contributed by atoms with Gasteiger partial charge >= 0.3 is 0 Å². The van der Waals surface area contributed by atoms with E-state index >= 15 is 0 Å². The first kappa shape index (κ1) is 13.5. The van der Waals surface area contributed by atoms with Crippen LogP contribution in [0, 0.1) is 0 Å². The van der Waals surface area contributed by atoms with Gasteiger partial charge in [0.25, 0.3) is 6.01 Å². The van der Waals surface area contributed by atoms with Crippen molar-refractivity contribution in [1.82, 2.24) is 10.3 Å². The highest BCUT2D eigenvalue weighted by atomic mass is 16.4. The minimum Gasteiger partial charge on any atom is -0.432 e. The van der Waals surface area contributed by atoms with Crippen molar-refractivity contribution in [3.63, 3.8) is 0 Å². The molecular formula is C13H21N3O. The van der Waals surface area contributed by atoms with Crippen LogP contribution in [-0.4, -0.2) is 24.6 Å². The maximum atomic E-state index is 5.44.